The maximum absolute atomic E-state index is 4.34. The number of hydrogen-bond acceptors (Lipinski definition) is 5. The molecule has 0 aliphatic carbocycles. The molecule has 0 unspecified atom stereocenters. The molecule has 0 aliphatic rings. The zero-order valence-corrected chi connectivity index (χ0v) is 10.7. The van der Waals surface area contributed by atoms with E-state index in [9.17, 15) is 0 Å². The third-order valence-corrected chi connectivity index (χ3v) is 3.40. The van der Waals surface area contributed by atoms with Gasteiger partial charge >= 0.3 is 0 Å². The van der Waals surface area contributed by atoms with Gasteiger partial charge in [-0.25, -0.2) is 0 Å². The summed E-state index contributed by atoms with van der Waals surface area (Å²) in [6.07, 6.45) is 1.76. The van der Waals surface area contributed by atoms with Crippen LogP contribution in [-0.4, -0.2) is 26.2 Å². The van der Waals surface area contributed by atoms with Crippen molar-refractivity contribution >= 4 is 16.5 Å². The Morgan fingerprint density at radius 2 is 2.19 bits per heavy atom. The minimum Gasteiger partial charge on any atom is -0.378 e. The summed E-state index contributed by atoms with van der Waals surface area (Å²) in [6.45, 7) is 6.22. The topological polar surface area (TPSA) is 55.6 Å². The highest BCUT2D eigenvalue weighted by molar-refractivity contribution is 7.10. The van der Waals surface area contributed by atoms with E-state index in [0.717, 1.165) is 22.1 Å². The van der Waals surface area contributed by atoms with Crippen molar-refractivity contribution in [2.45, 2.75) is 26.8 Å². The lowest BCUT2D eigenvalue weighted by Crippen LogP contribution is -2.03. The van der Waals surface area contributed by atoms with Crippen LogP contribution in [0.15, 0.2) is 6.33 Å². The smallest absolute Gasteiger partial charge is 0.168 e. The van der Waals surface area contributed by atoms with Gasteiger partial charge in [0.1, 0.15) is 11.3 Å². The first-order valence-corrected chi connectivity index (χ1v) is 5.96. The van der Waals surface area contributed by atoms with Crippen LogP contribution < -0.4 is 5.32 Å². The van der Waals surface area contributed by atoms with Gasteiger partial charge in [-0.1, -0.05) is 0 Å². The molecule has 0 saturated heterocycles. The molecule has 2 rings (SSSR count). The summed E-state index contributed by atoms with van der Waals surface area (Å²) >= 11 is 1.45. The number of anilines is 1. The van der Waals surface area contributed by atoms with Gasteiger partial charge in [0.15, 0.2) is 5.82 Å². The number of nitrogens with one attached hydrogen (secondary N) is 1. The van der Waals surface area contributed by atoms with Crippen molar-refractivity contribution in [3.63, 3.8) is 0 Å². The van der Waals surface area contributed by atoms with E-state index in [4.69, 9.17) is 0 Å². The van der Waals surface area contributed by atoms with Gasteiger partial charge in [0.2, 0.25) is 0 Å². The van der Waals surface area contributed by atoms with Gasteiger partial charge in [0.25, 0.3) is 0 Å². The monoisotopic (exact) mass is 237 g/mol. The summed E-state index contributed by atoms with van der Waals surface area (Å²) < 4.78 is 6.40. The van der Waals surface area contributed by atoms with Crippen LogP contribution in [0.3, 0.4) is 0 Å². The lowest BCUT2D eigenvalue weighted by atomic mass is 10.2. The van der Waals surface area contributed by atoms with Crippen molar-refractivity contribution in [2.75, 3.05) is 12.4 Å². The van der Waals surface area contributed by atoms with E-state index in [0.29, 0.717) is 6.04 Å². The lowest BCUT2D eigenvalue weighted by Gasteiger charge is -2.10. The van der Waals surface area contributed by atoms with Crippen LogP contribution in [0.1, 0.15) is 25.6 Å². The molecule has 6 heteroatoms. The van der Waals surface area contributed by atoms with Crippen molar-refractivity contribution in [3.8, 4) is 11.4 Å². The van der Waals surface area contributed by atoms with E-state index < -0.39 is 0 Å². The molecule has 2 aromatic rings. The lowest BCUT2D eigenvalue weighted by molar-refractivity contribution is 0.604. The molecule has 1 N–H and O–H groups in total. The molecule has 5 nitrogen and oxygen atoms in total. The number of aromatic nitrogens is 4. The molecule has 86 valence electrons. The third kappa shape index (κ3) is 1.69. The van der Waals surface area contributed by atoms with Gasteiger partial charge in [-0.3, -0.25) is 0 Å². The molecule has 0 aliphatic heterocycles. The first-order valence-electron chi connectivity index (χ1n) is 5.19. The van der Waals surface area contributed by atoms with Crippen LogP contribution in [0, 0.1) is 6.92 Å². The summed E-state index contributed by atoms with van der Waals surface area (Å²) in [5.74, 6) is 0.880. The zero-order valence-electron chi connectivity index (χ0n) is 9.85. The summed E-state index contributed by atoms with van der Waals surface area (Å²) in [7, 11) is 1.90. The zero-order chi connectivity index (χ0) is 11.7. The molecule has 0 fully saturated rings. The van der Waals surface area contributed by atoms with Crippen LogP contribution >= 0.6 is 11.5 Å². The predicted octanol–water partition coefficient (Wildman–Crippen LogP) is 2.33. The second kappa shape index (κ2) is 4.21. The van der Waals surface area contributed by atoms with Crippen LogP contribution in [-0.2, 0) is 0 Å². The summed E-state index contributed by atoms with van der Waals surface area (Å²) in [5, 5.41) is 12.3. The van der Waals surface area contributed by atoms with E-state index in [2.05, 4.69) is 38.3 Å². The molecule has 0 atom stereocenters. The van der Waals surface area contributed by atoms with E-state index in [1.54, 1.807) is 6.33 Å². The molecular formula is C10H15N5S. The first-order chi connectivity index (χ1) is 7.65. The minimum atomic E-state index is 0.342. The molecular weight excluding hydrogens is 222 g/mol. The Morgan fingerprint density at radius 1 is 1.44 bits per heavy atom. The van der Waals surface area contributed by atoms with E-state index in [1.807, 2.05) is 14.0 Å². The normalized spacial score (nSPS) is 11.1. The molecule has 16 heavy (non-hydrogen) atoms. The molecule has 0 radical (unpaired) electrons. The van der Waals surface area contributed by atoms with Gasteiger partial charge < -0.3 is 9.88 Å². The minimum absolute atomic E-state index is 0.342. The Morgan fingerprint density at radius 3 is 2.81 bits per heavy atom. The molecule has 2 aromatic heterocycles. The van der Waals surface area contributed by atoms with Gasteiger partial charge in [-0.15, -0.1) is 10.2 Å². The standard InChI is InChI=1S/C10H15N5S/c1-6(2)15-5-12-13-9(15)8-7(3)14-16-10(8)11-4/h5-6,11H,1-4H3. The van der Waals surface area contributed by atoms with E-state index in [-0.39, 0.29) is 0 Å². The molecule has 2 heterocycles. The maximum Gasteiger partial charge on any atom is 0.168 e. The van der Waals surface area contributed by atoms with Crippen LogP contribution in [0.4, 0.5) is 5.00 Å². The fraction of sp³-hybridized carbons (Fsp3) is 0.500. The highest BCUT2D eigenvalue weighted by Gasteiger charge is 2.18. The van der Waals surface area contributed by atoms with Crippen LogP contribution in [0.5, 0.6) is 0 Å². The predicted molar refractivity (Wildman–Crippen MR) is 65.8 cm³/mol. The summed E-state index contributed by atoms with van der Waals surface area (Å²) in [6, 6.07) is 0.342. The second-order valence-corrected chi connectivity index (χ2v) is 4.65. The Kier molecular flexibility index (Phi) is 2.91. The number of rotatable bonds is 3. The average molecular weight is 237 g/mol. The fourth-order valence-corrected chi connectivity index (χ4v) is 2.34. The number of nitrogens with zero attached hydrogens (tertiary/aromatic N) is 4. The third-order valence-electron chi connectivity index (χ3n) is 2.44. The molecule has 0 aromatic carbocycles. The van der Waals surface area contributed by atoms with Gasteiger partial charge in [-0.05, 0) is 32.3 Å². The van der Waals surface area contributed by atoms with Crippen molar-refractivity contribution in [1.82, 2.24) is 19.1 Å². The van der Waals surface area contributed by atoms with Crippen molar-refractivity contribution < 1.29 is 0 Å². The number of aryl methyl sites for hydroxylation is 1. The van der Waals surface area contributed by atoms with Gasteiger partial charge in [0.05, 0.1) is 11.3 Å². The van der Waals surface area contributed by atoms with Crippen molar-refractivity contribution in [3.05, 3.63) is 12.0 Å². The first kappa shape index (κ1) is 11.1. The number of hydrogen-bond donors (Lipinski definition) is 1. The summed E-state index contributed by atoms with van der Waals surface area (Å²) in [5.41, 5.74) is 2.04. The second-order valence-electron chi connectivity index (χ2n) is 3.88. The summed E-state index contributed by atoms with van der Waals surface area (Å²) in [4.78, 5) is 0. The highest BCUT2D eigenvalue weighted by Crippen LogP contribution is 2.33. The Labute approximate surface area is 98.7 Å². The molecule has 0 saturated carbocycles. The Balaban J connectivity index is 2.58. The van der Waals surface area contributed by atoms with Gasteiger partial charge in [0, 0.05) is 13.1 Å². The largest absolute Gasteiger partial charge is 0.378 e. The van der Waals surface area contributed by atoms with Crippen molar-refractivity contribution in [2.24, 2.45) is 0 Å². The fourth-order valence-electron chi connectivity index (χ4n) is 1.60. The van der Waals surface area contributed by atoms with Crippen LogP contribution in [0.25, 0.3) is 11.4 Å². The van der Waals surface area contributed by atoms with Crippen LogP contribution in [0.2, 0.25) is 0 Å². The Hall–Kier alpha value is -1.43. The highest BCUT2D eigenvalue weighted by atomic mass is 32.1. The van der Waals surface area contributed by atoms with E-state index in [1.165, 1.54) is 11.5 Å². The van der Waals surface area contributed by atoms with E-state index >= 15 is 0 Å². The SMILES string of the molecule is CNc1snc(C)c1-c1nncn1C(C)C. The molecule has 0 spiro atoms. The maximum atomic E-state index is 4.34. The Bertz CT molecular complexity index is 485. The molecule has 0 bridgehead atoms. The average Bonchev–Trinajstić information content (AvgIpc) is 2.82. The van der Waals surface area contributed by atoms with Crippen molar-refractivity contribution in [1.29, 1.82) is 0 Å². The van der Waals surface area contributed by atoms with Gasteiger partial charge in [-0.2, -0.15) is 4.37 Å². The quantitative estimate of drug-likeness (QED) is 0.890. The molecule has 0 amide bonds.